The molecule has 0 radical (unpaired) electrons. The van der Waals surface area contributed by atoms with E-state index >= 15 is 0 Å². The van der Waals surface area contributed by atoms with Crippen molar-refractivity contribution in [2.45, 2.75) is 13.0 Å². The van der Waals surface area contributed by atoms with Crippen LogP contribution in [0.4, 0.5) is 17.1 Å². The Kier molecular flexibility index (Phi) is 6.01. The maximum absolute atomic E-state index is 12.6. The summed E-state index contributed by atoms with van der Waals surface area (Å²) in [5.74, 6) is -0.198. The molecule has 0 bridgehead atoms. The Labute approximate surface area is 156 Å². The third-order valence-electron chi connectivity index (χ3n) is 3.72. The summed E-state index contributed by atoms with van der Waals surface area (Å²) in [4.78, 5) is 22.9. The van der Waals surface area contributed by atoms with E-state index in [1.165, 1.54) is 44.4 Å². The molecule has 0 unspecified atom stereocenters. The van der Waals surface area contributed by atoms with E-state index in [9.17, 15) is 23.3 Å². The molecule has 0 saturated heterocycles. The van der Waals surface area contributed by atoms with Crippen LogP contribution in [0, 0.1) is 10.1 Å². The normalized spacial score (nSPS) is 12.1. The molecule has 0 saturated carbocycles. The summed E-state index contributed by atoms with van der Waals surface area (Å²) < 4.78 is 30.6. The predicted molar refractivity (Wildman–Crippen MR) is 102 cm³/mol. The zero-order valence-electron chi connectivity index (χ0n) is 14.9. The minimum Gasteiger partial charge on any atom is -0.497 e. The number of amides is 1. The molecule has 0 aliphatic carbocycles. The predicted octanol–water partition coefficient (Wildman–Crippen LogP) is 2.40. The van der Waals surface area contributed by atoms with Crippen molar-refractivity contribution in [1.29, 1.82) is 0 Å². The van der Waals surface area contributed by atoms with Crippen LogP contribution in [-0.4, -0.2) is 38.7 Å². The Bertz CT molecular complexity index is 961. The molecule has 1 amide bonds. The number of benzene rings is 2. The molecule has 27 heavy (non-hydrogen) atoms. The number of anilines is 2. The number of rotatable bonds is 7. The molecule has 144 valence electrons. The van der Waals surface area contributed by atoms with Crippen LogP contribution in [0.15, 0.2) is 48.5 Å². The highest BCUT2D eigenvalue weighted by Crippen LogP contribution is 2.26. The van der Waals surface area contributed by atoms with Crippen molar-refractivity contribution in [1.82, 2.24) is 0 Å². The van der Waals surface area contributed by atoms with Gasteiger partial charge in [-0.2, -0.15) is 0 Å². The van der Waals surface area contributed by atoms with Crippen molar-refractivity contribution in [3.63, 3.8) is 0 Å². The number of nitro benzene ring substituents is 1. The maximum Gasteiger partial charge on any atom is 0.271 e. The first-order valence-electron chi connectivity index (χ1n) is 7.82. The molecule has 0 fully saturated rings. The number of ether oxygens (including phenoxy) is 1. The number of nitrogens with one attached hydrogen (secondary N) is 1. The lowest BCUT2D eigenvalue weighted by Gasteiger charge is -2.28. The van der Waals surface area contributed by atoms with Crippen LogP contribution in [0.2, 0.25) is 0 Å². The fourth-order valence-electron chi connectivity index (χ4n) is 2.50. The first-order chi connectivity index (χ1) is 12.6. The van der Waals surface area contributed by atoms with Gasteiger partial charge in [-0.05, 0) is 25.1 Å². The minimum atomic E-state index is -3.79. The number of sulfonamides is 1. The third kappa shape index (κ3) is 4.94. The molecule has 2 aromatic rings. The highest BCUT2D eigenvalue weighted by atomic mass is 32.2. The van der Waals surface area contributed by atoms with Crippen LogP contribution in [0.5, 0.6) is 5.75 Å². The van der Waals surface area contributed by atoms with Gasteiger partial charge in [0, 0.05) is 23.9 Å². The van der Waals surface area contributed by atoms with E-state index in [-0.39, 0.29) is 17.1 Å². The molecule has 2 aromatic carbocycles. The zero-order valence-corrected chi connectivity index (χ0v) is 15.8. The van der Waals surface area contributed by atoms with E-state index in [1.54, 1.807) is 18.2 Å². The Balaban J connectivity index is 2.32. The number of nitrogens with zero attached hydrogens (tertiary/aromatic N) is 2. The van der Waals surface area contributed by atoms with Crippen LogP contribution in [0.3, 0.4) is 0 Å². The van der Waals surface area contributed by atoms with Gasteiger partial charge in [0.2, 0.25) is 15.9 Å². The molecule has 10 heteroatoms. The molecule has 0 aliphatic rings. The number of carbonyl (C=O) groups excluding carboxylic acids is 1. The molecule has 0 aliphatic heterocycles. The first-order valence-corrected chi connectivity index (χ1v) is 9.67. The largest absolute Gasteiger partial charge is 0.497 e. The quantitative estimate of drug-likeness (QED) is 0.570. The highest BCUT2D eigenvalue weighted by molar-refractivity contribution is 7.92. The Morgan fingerprint density at radius 3 is 2.48 bits per heavy atom. The van der Waals surface area contributed by atoms with Crippen molar-refractivity contribution in [2.24, 2.45) is 0 Å². The van der Waals surface area contributed by atoms with Crippen LogP contribution < -0.4 is 14.4 Å². The second-order valence-electron chi connectivity index (χ2n) is 5.73. The van der Waals surface area contributed by atoms with E-state index in [0.29, 0.717) is 5.75 Å². The van der Waals surface area contributed by atoms with E-state index in [1.807, 2.05) is 0 Å². The summed E-state index contributed by atoms with van der Waals surface area (Å²) in [6.45, 7) is 1.42. The number of methoxy groups -OCH3 is 1. The van der Waals surface area contributed by atoms with E-state index < -0.39 is 26.9 Å². The van der Waals surface area contributed by atoms with Crippen LogP contribution in [0.25, 0.3) is 0 Å². The van der Waals surface area contributed by atoms with Crippen molar-refractivity contribution in [2.75, 3.05) is 23.0 Å². The fourth-order valence-corrected chi connectivity index (χ4v) is 3.67. The number of non-ortho nitro benzene ring substituents is 1. The lowest BCUT2D eigenvalue weighted by Crippen LogP contribution is -2.45. The van der Waals surface area contributed by atoms with Gasteiger partial charge in [-0.25, -0.2) is 8.42 Å². The van der Waals surface area contributed by atoms with Crippen molar-refractivity contribution in [3.05, 3.63) is 58.6 Å². The summed E-state index contributed by atoms with van der Waals surface area (Å²) in [5, 5.41) is 13.4. The molecule has 0 spiro atoms. The molecule has 0 aromatic heterocycles. The smallest absolute Gasteiger partial charge is 0.271 e. The van der Waals surface area contributed by atoms with Gasteiger partial charge in [-0.1, -0.05) is 12.1 Å². The van der Waals surface area contributed by atoms with E-state index in [0.717, 1.165) is 10.6 Å². The van der Waals surface area contributed by atoms with Gasteiger partial charge >= 0.3 is 0 Å². The summed E-state index contributed by atoms with van der Waals surface area (Å²) in [6, 6.07) is 10.6. The van der Waals surface area contributed by atoms with Crippen LogP contribution in [-0.2, 0) is 14.8 Å². The van der Waals surface area contributed by atoms with Gasteiger partial charge in [-0.15, -0.1) is 0 Å². The molecule has 1 N–H and O–H groups in total. The highest BCUT2D eigenvalue weighted by Gasteiger charge is 2.29. The van der Waals surface area contributed by atoms with Crippen LogP contribution >= 0.6 is 0 Å². The monoisotopic (exact) mass is 393 g/mol. The van der Waals surface area contributed by atoms with Gasteiger partial charge < -0.3 is 10.1 Å². The maximum atomic E-state index is 12.6. The Morgan fingerprint density at radius 2 is 1.89 bits per heavy atom. The average Bonchev–Trinajstić information content (AvgIpc) is 2.61. The number of hydrogen-bond donors (Lipinski definition) is 1. The summed E-state index contributed by atoms with van der Waals surface area (Å²) >= 11 is 0. The topological polar surface area (TPSA) is 119 Å². The van der Waals surface area contributed by atoms with Gasteiger partial charge in [-0.3, -0.25) is 19.2 Å². The van der Waals surface area contributed by atoms with E-state index in [2.05, 4.69) is 5.32 Å². The first kappa shape index (κ1) is 20.2. The molecule has 2 rings (SSSR count). The Hall–Kier alpha value is -3.14. The molecule has 0 heterocycles. The Morgan fingerprint density at radius 1 is 1.22 bits per heavy atom. The third-order valence-corrected chi connectivity index (χ3v) is 4.96. The average molecular weight is 393 g/mol. The molecule has 9 nitrogen and oxygen atoms in total. The van der Waals surface area contributed by atoms with Gasteiger partial charge in [0.25, 0.3) is 5.69 Å². The lowest BCUT2D eigenvalue weighted by molar-refractivity contribution is -0.384. The number of hydrogen-bond acceptors (Lipinski definition) is 6. The molecular weight excluding hydrogens is 374 g/mol. The van der Waals surface area contributed by atoms with Gasteiger partial charge in [0.05, 0.1) is 24.0 Å². The SMILES string of the molecule is COc1cccc(N([C@H](C)C(=O)Nc2cccc([N+](=O)[O-])c2)S(C)(=O)=O)c1. The summed E-state index contributed by atoms with van der Waals surface area (Å²) in [6.07, 6.45) is 0.990. The van der Waals surface area contributed by atoms with E-state index in [4.69, 9.17) is 4.74 Å². The summed E-state index contributed by atoms with van der Waals surface area (Å²) in [7, 11) is -2.35. The second kappa shape index (κ2) is 8.04. The van der Waals surface area contributed by atoms with Gasteiger partial charge in [0.1, 0.15) is 11.8 Å². The van der Waals surface area contributed by atoms with Crippen molar-refractivity contribution >= 4 is 33.0 Å². The zero-order chi connectivity index (χ0) is 20.2. The summed E-state index contributed by atoms with van der Waals surface area (Å²) in [5.41, 5.74) is 0.270. The standard InChI is InChI=1S/C17H19N3O6S/c1-12(17(21)18-13-6-4-8-15(10-13)20(22)23)19(27(3,24)25)14-7-5-9-16(11-14)26-2/h4-12H,1-3H3,(H,18,21)/t12-/m1/s1. The lowest BCUT2D eigenvalue weighted by atomic mass is 10.2. The number of carbonyl (C=O) groups is 1. The second-order valence-corrected chi connectivity index (χ2v) is 7.59. The van der Waals surface area contributed by atoms with Crippen molar-refractivity contribution < 1.29 is 22.9 Å². The van der Waals surface area contributed by atoms with Crippen LogP contribution in [0.1, 0.15) is 6.92 Å². The van der Waals surface area contributed by atoms with Gasteiger partial charge in [0.15, 0.2) is 0 Å². The number of nitro groups is 1. The molecule has 1 atom stereocenters. The van der Waals surface area contributed by atoms with Crippen molar-refractivity contribution in [3.8, 4) is 5.75 Å². The minimum absolute atomic E-state index is 0.187. The molecular formula is C17H19N3O6S. The fraction of sp³-hybridized carbons (Fsp3) is 0.235.